The van der Waals surface area contributed by atoms with E-state index in [1.807, 2.05) is 68.4 Å². The number of anilines is 1. The van der Waals surface area contributed by atoms with Gasteiger partial charge in [0.1, 0.15) is 11.6 Å². The zero-order chi connectivity index (χ0) is 24.9. The molecular formula is C28H30N4O3. The topological polar surface area (TPSA) is 76.5 Å². The summed E-state index contributed by atoms with van der Waals surface area (Å²) >= 11 is 0. The van der Waals surface area contributed by atoms with Crippen molar-refractivity contribution in [3.8, 4) is 11.4 Å². The molecule has 35 heavy (non-hydrogen) atoms. The molecular weight excluding hydrogens is 440 g/mol. The minimum absolute atomic E-state index is 0.161. The van der Waals surface area contributed by atoms with Crippen LogP contribution in [-0.4, -0.2) is 34.1 Å². The Kier molecular flexibility index (Phi) is 7.15. The molecule has 0 saturated carbocycles. The SMILES string of the molecule is CCc1ccc(-n2c(C(C)N(CC)C(=O)Nc3cccc(OC)c3)nc3ccccc3c2=O)cc1. The minimum Gasteiger partial charge on any atom is -0.497 e. The summed E-state index contributed by atoms with van der Waals surface area (Å²) in [7, 11) is 1.58. The number of hydrogen-bond donors (Lipinski definition) is 1. The van der Waals surface area contributed by atoms with Crippen LogP contribution >= 0.6 is 0 Å². The van der Waals surface area contributed by atoms with Crippen LogP contribution in [0.2, 0.25) is 0 Å². The first-order valence-electron chi connectivity index (χ1n) is 11.8. The summed E-state index contributed by atoms with van der Waals surface area (Å²) in [6, 6.07) is 21.6. The molecule has 0 bridgehead atoms. The smallest absolute Gasteiger partial charge is 0.322 e. The monoisotopic (exact) mass is 470 g/mol. The molecule has 0 aliphatic rings. The third-order valence-electron chi connectivity index (χ3n) is 6.17. The molecule has 4 aromatic rings. The van der Waals surface area contributed by atoms with E-state index >= 15 is 0 Å². The number of carbonyl (C=O) groups is 1. The first-order chi connectivity index (χ1) is 17.0. The van der Waals surface area contributed by atoms with Gasteiger partial charge in [0, 0.05) is 18.3 Å². The number of methoxy groups -OCH3 is 1. The highest BCUT2D eigenvalue weighted by atomic mass is 16.5. The minimum atomic E-state index is -0.478. The van der Waals surface area contributed by atoms with Gasteiger partial charge in [0.25, 0.3) is 5.56 Å². The molecule has 0 aliphatic carbocycles. The van der Waals surface area contributed by atoms with E-state index in [0.717, 1.165) is 12.1 Å². The number of amides is 2. The number of fused-ring (bicyclic) bond motifs is 1. The van der Waals surface area contributed by atoms with Gasteiger partial charge in [-0.3, -0.25) is 9.36 Å². The van der Waals surface area contributed by atoms with Gasteiger partial charge < -0.3 is 15.0 Å². The Labute approximate surface area is 205 Å². The van der Waals surface area contributed by atoms with Crippen LogP contribution in [0.3, 0.4) is 0 Å². The van der Waals surface area contributed by atoms with Crippen molar-refractivity contribution in [2.24, 2.45) is 0 Å². The number of aryl methyl sites for hydroxylation is 1. The number of rotatable bonds is 7. The number of urea groups is 1. The third-order valence-corrected chi connectivity index (χ3v) is 6.17. The Morgan fingerprint density at radius 2 is 1.80 bits per heavy atom. The van der Waals surface area contributed by atoms with E-state index < -0.39 is 6.04 Å². The van der Waals surface area contributed by atoms with Crippen LogP contribution in [0.5, 0.6) is 5.75 Å². The van der Waals surface area contributed by atoms with Crippen molar-refractivity contribution < 1.29 is 9.53 Å². The van der Waals surface area contributed by atoms with E-state index in [-0.39, 0.29) is 11.6 Å². The lowest BCUT2D eigenvalue weighted by molar-refractivity contribution is 0.193. The maximum atomic E-state index is 13.6. The number of nitrogens with one attached hydrogen (secondary N) is 1. The second-order valence-electron chi connectivity index (χ2n) is 8.27. The normalized spacial score (nSPS) is 11.8. The van der Waals surface area contributed by atoms with Crippen LogP contribution in [0, 0.1) is 0 Å². The molecule has 0 spiro atoms. The van der Waals surface area contributed by atoms with Gasteiger partial charge in [0.15, 0.2) is 0 Å². The molecule has 0 fully saturated rings. The first-order valence-corrected chi connectivity index (χ1v) is 11.8. The summed E-state index contributed by atoms with van der Waals surface area (Å²) in [4.78, 5) is 33.5. The summed E-state index contributed by atoms with van der Waals surface area (Å²) in [5.41, 5.74) is 2.96. The van der Waals surface area contributed by atoms with E-state index in [2.05, 4.69) is 12.2 Å². The molecule has 7 heteroatoms. The predicted octanol–water partition coefficient (Wildman–Crippen LogP) is 5.57. The number of ether oxygens (including phenoxy) is 1. The van der Waals surface area contributed by atoms with E-state index in [0.29, 0.717) is 34.7 Å². The maximum absolute atomic E-state index is 13.6. The van der Waals surface area contributed by atoms with E-state index in [1.165, 1.54) is 5.56 Å². The molecule has 180 valence electrons. The summed E-state index contributed by atoms with van der Waals surface area (Å²) in [5, 5.41) is 3.47. The molecule has 0 radical (unpaired) electrons. The molecule has 1 atom stereocenters. The second kappa shape index (κ2) is 10.4. The van der Waals surface area contributed by atoms with Crippen LogP contribution in [0.1, 0.15) is 38.2 Å². The van der Waals surface area contributed by atoms with Gasteiger partial charge in [-0.15, -0.1) is 0 Å². The van der Waals surface area contributed by atoms with Crippen molar-refractivity contribution in [3.05, 3.63) is 94.5 Å². The largest absolute Gasteiger partial charge is 0.497 e. The second-order valence-corrected chi connectivity index (χ2v) is 8.27. The Bertz CT molecular complexity index is 1400. The van der Waals surface area contributed by atoms with Gasteiger partial charge in [-0.25, -0.2) is 9.78 Å². The molecule has 1 heterocycles. The van der Waals surface area contributed by atoms with Crippen molar-refractivity contribution in [2.75, 3.05) is 19.0 Å². The summed E-state index contributed by atoms with van der Waals surface area (Å²) in [5.74, 6) is 1.15. The average molecular weight is 471 g/mol. The van der Waals surface area contributed by atoms with E-state index in [9.17, 15) is 9.59 Å². The van der Waals surface area contributed by atoms with Gasteiger partial charge >= 0.3 is 6.03 Å². The number of carbonyl (C=O) groups excluding carboxylic acids is 1. The van der Waals surface area contributed by atoms with Gasteiger partial charge in [-0.05, 0) is 62.2 Å². The molecule has 4 rings (SSSR count). The highest BCUT2D eigenvalue weighted by Crippen LogP contribution is 2.24. The van der Waals surface area contributed by atoms with Crippen molar-refractivity contribution in [1.29, 1.82) is 0 Å². The van der Waals surface area contributed by atoms with Gasteiger partial charge in [-0.2, -0.15) is 0 Å². The lowest BCUT2D eigenvalue weighted by Gasteiger charge is -2.29. The summed E-state index contributed by atoms with van der Waals surface area (Å²) in [6.07, 6.45) is 0.905. The maximum Gasteiger partial charge on any atom is 0.322 e. The number of para-hydroxylation sites is 1. The molecule has 7 nitrogen and oxygen atoms in total. The van der Waals surface area contributed by atoms with Crippen LogP contribution < -0.4 is 15.6 Å². The fourth-order valence-electron chi connectivity index (χ4n) is 4.19. The van der Waals surface area contributed by atoms with E-state index in [4.69, 9.17) is 9.72 Å². The first kappa shape index (κ1) is 24.0. The fraction of sp³-hybridized carbons (Fsp3) is 0.250. The molecule has 1 unspecified atom stereocenters. The van der Waals surface area contributed by atoms with Crippen LogP contribution in [0.4, 0.5) is 10.5 Å². The highest BCUT2D eigenvalue weighted by Gasteiger charge is 2.26. The third kappa shape index (κ3) is 4.89. The van der Waals surface area contributed by atoms with Gasteiger partial charge in [0.05, 0.1) is 29.7 Å². The van der Waals surface area contributed by atoms with Crippen LogP contribution in [0.15, 0.2) is 77.6 Å². The molecule has 3 aromatic carbocycles. The number of nitrogens with zero attached hydrogens (tertiary/aromatic N) is 3. The van der Waals surface area contributed by atoms with E-state index in [1.54, 1.807) is 34.8 Å². The highest BCUT2D eigenvalue weighted by molar-refractivity contribution is 5.90. The van der Waals surface area contributed by atoms with Crippen LogP contribution in [-0.2, 0) is 6.42 Å². The molecule has 1 aromatic heterocycles. The average Bonchev–Trinajstić information content (AvgIpc) is 2.89. The molecule has 0 aliphatic heterocycles. The van der Waals surface area contributed by atoms with Crippen molar-refractivity contribution in [2.45, 2.75) is 33.2 Å². The Balaban J connectivity index is 1.78. The lowest BCUT2D eigenvalue weighted by Crippen LogP contribution is -2.39. The number of benzene rings is 3. The van der Waals surface area contributed by atoms with Crippen LogP contribution in [0.25, 0.3) is 16.6 Å². The standard InChI is InChI=1S/C28H30N4O3/c1-5-20-14-16-22(17-15-20)32-26(30-25-13-8-7-12-24(25)27(32)33)19(3)31(6-2)28(34)29-21-10-9-11-23(18-21)35-4/h7-19H,5-6H2,1-4H3,(H,29,34). The molecule has 2 amide bonds. The summed E-state index contributed by atoms with van der Waals surface area (Å²) < 4.78 is 6.88. The summed E-state index contributed by atoms with van der Waals surface area (Å²) in [6.45, 7) is 6.31. The van der Waals surface area contributed by atoms with Gasteiger partial charge in [-0.1, -0.05) is 37.3 Å². The molecule has 0 saturated heterocycles. The fourth-order valence-corrected chi connectivity index (χ4v) is 4.19. The Hall–Kier alpha value is -4.13. The zero-order valence-electron chi connectivity index (χ0n) is 20.5. The Morgan fingerprint density at radius 1 is 1.06 bits per heavy atom. The van der Waals surface area contributed by atoms with Gasteiger partial charge in [0.2, 0.25) is 0 Å². The number of hydrogen-bond acceptors (Lipinski definition) is 4. The Morgan fingerprint density at radius 3 is 2.49 bits per heavy atom. The quantitative estimate of drug-likeness (QED) is 0.383. The van der Waals surface area contributed by atoms with Crippen molar-refractivity contribution in [3.63, 3.8) is 0 Å². The van der Waals surface area contributed by atoms with Crippen molar-refractivity contribution >= 4 is 22.6 Å². The predicted molar refractivity (Wildman–Crippen MR) is 140 cm³/mol. The van der Waals surface area contributed by atoms with Crippen molar-refractivity contribution in [1.82, 2.24) is 14.5 Å². The number of aromatic nitrogens is 2. The zero-order valence-corrected chi connectivity index (χ0v) is 20.5. The molecule has 1 N–H and O–H groups in total. The lowest BCUT2D eigenvalue weighted by atomic mass is 10.1.